The number of allylic oxidation sites excluding steroid dienone is 5. The van der Waals surface area contributed by atoms with Crippen LogP contribution < -0.4 is 5.32 Å². The lowest BCUT2D eigenvalue weighted by Crippen LogP contribution is -2.14. The molecule has 0 amide bonds. The molecule has 3 heteroatoms. The van der Waals surface area contributed by atoms with Gasteiger partial charge in [0.1, 0.15) is 5.82 Å². The maximum absolute atomic E-state index is 12.9. The van der Waals surface area contributed by atoms with E-state index in [1.807, 2.05) is 24.3 Å². The lowest BCUT2D eigenvalue weighted by Gasteiger charge is -2.13. The van der Waals surface area contributed by atoms with Crippen molar-refractivity contribution in [1.29, 1.82) is 0 Å². The topological polar surface area (TPSA) is 12.0 Å². The number of benzene rings is 1. The van der Waals surface area contributed by atoms with Gasteiger partial charge in [-0.05, 0) is 23.8 Å². The number of nitrogens with one attached hydrogen (secondary N) is 1. The molecule has 0 saturated carbocycles. The highest BCUT2D eigenvalue weighted by Crippen LogP contribution is 2.39. The van der Waals surface area contributed by atoms with E-state index in [4.69, 9.17) is 0 Å². The van der Waals surface area contributed by atoms with Crippen LogP contribution in [0, 0.1) is 5.82 Å². The molecular formula is C15H11BrFN. The molecule has 1 N–H and O–H groups in total. The summed E-state index contributed by atoms with van der Waals surface area (Å²) in [5.41, 5.74) is 3.28. The third kappa shape index (κ3) is 1.95. The number of halogens is 2. The second kappa shape index (κ2) is 4.58. The molecule has 0 radical (unpaired) electrons. The first-order valence-corrected chi connectivity index (χ1v) is 6.52. The molecule has 1 aliphatic heterocycles. The second-order valence-corrected chi connectivity index (χ2v) is 5.07. The molecule has 1 unspecified atom stereocenters. The average molecular weight is 304 g/mol. The second-order valence-electron chi connectivity index (χ2n) is 4.21. The third-order valence-corrected chi connectivity index (χ3v) is 3.94. The van der Waals surface area contributed by atoms with E-state index in [2.05, 4.69) is 27.3 Å². The normalized spacial score (nSPS) is 21.4. The third-order valence-electron chi connectivity index (χ3n) is 3.05. The van der Waals surface area contributed by atoms with Crippen LogP contribution in [0.3, 0.4) is 0 Å². The van der Waals surface area contributed by atoms with Gasteiger partial charge < -0.3 is 5.32 Å². The van der Waals surface area contributed by atoms with Gasteiger partial charge >= 0.3 is 0 Å². The quantitative estimate of drug-likeness (QED) is 0.822. The summed E-state index contributed by atoms with van der Waals surface area (Å²) in [4.78, 5) is 0. The van der Waals surface area contributed by atoms with Crippen molar-refractivity contribution >= 4 is 15.9 Å². The molecule has 0 fully saturated rings. The smallest absolute Gasteiger partial charge is 0.123 e. The summed E-state index contributed by atoms with van der Waals surface area (Å²) in [7, 11) is 0. The van der Waals surface area contributed by atoms with Gasteiger partial charge in [-0.3, -0.25) is 0 Å². The van der Waals surface area contributed by atoms with Crippen molar-refractivity contribution in [3.63, 3.8) is 0 Å². The fourth-order valence-corrected chi connectivity index (χ4v) is 2.87. The van der Waals surface area contributed by atoms with Crippen LogP contribution in [-0.4, -0.2) is 0 Å². The monoisotopic (exact) mass is 303 g/mol. The minimum absolute atomic E-state index is 0.0583. The van der Waals surface area contributed by atoms with Crippen molar-refractivity contribution in [2.24, 2.45) is 0 Å². The number of fused-ring (bicyclic) bond motifs is 1. The van der Waals surface area contributed by atoms with Gasteiger partial charge in [0, 0.05) is 15.8 Å². The minimum Gasteiger partial charge on any atom is -0.373 e. The molecule has 1 heterocycles. The average Bonchev–Trinajstić information content (AvgIpc) is 2.57. The van der Waals surface area contributed by atoms with Crippen LogP contribution in [0.1, 0.15) is 11.6 Å². The Balaban J connectivity index is 2.00. The van der Waals surface area contributed by atoms with Crippen LogP contribution in [0.4, 0.5) is 4.39 Å². The summed E-state index contributed by atoms with van der Waals surface area (Å²) < 4.78 is 14.0. The Morgan fingerprint density at radius 2 is 1.83 bits per heavy atom. The molecule has 1 atom stereocenters. The summed E-state index contributed by atoms with van der Waals surface area (Å²) in [5, 5.41) is 3.43. The Labute approximate surface area is 114 Å². The van der Waals surface area contributed by atoms with Crippen LogP contribution in [0.25, 0.3) is 0 Å². The first-order valence-electron chi connectivity index (χ1n) is 5.73. The Hall–Kier alpha value is -1.61. The van der Waals surface area contributed by atoms with Crippen LogP contribution in [0.15, 0.2) is 70.4 Å². The Morgan fingerprint density at radius 3 is 2.61 bits per heavy atom. The molecule has 0 aromatic heterocycles. The Kier molecular flexibility index (Phi) is 2.92. The van der Waals surface area contributed by atoms with E-state index in [0.717, 1.165) is 21.3 Å². The van der Waals surface area contributed by atoms with E-state index in [9.17, 15) is 4.39 Å². The van der Waals surface area contributed by atoms with Gasteiger partial charge in [-0.1, -0.05) is 52.4 Å². The molecule has 1 aromatic rings. The molecule has 0 saturated heterocycles. The van der Waals surface area contributed by atoms with E-state index < -0.39 is 0 Å². The molecule has 3 rings (SSSR count). The van der Waals surface area contributed by atoms with Crippen molar-refractivity contribution in [2.75, 3.05) is 0 Å². The van der Waals surface area contributed by atoms with Gasteiger partial charge in [-0.15, -0.1) is 0 Å². The molecule has 0 bridgehead atoms. The van der Waals surface area contributed by atoms with Gasteiger partial charge in [0.05, 0.1) is 6.04 Å². The van der Waals surface area contributed by atoms with Gasteiger partial charge in [0.25, 0.3) is 0 Å². The Morgan fingerprint density at radius 1 is 1.06 bits per heavy atom. The number of hydrogen-bond acceptors (Lipinski definition) is 1. The van der Waals surface area contributed by atoms with E-state index in [0.29, 0.717) is 0 Å². The molecule has 2 aliphatic rings. The molecule has 0 spiro atoms. The van der Waals surface area contributed by atoms with E-state index in [1.165, 1.54) is 12.1 Å². The highest BCUT2D eigenvalue weighted by atomic mass is 79.9. The van der Waals surface area contributed by atoms with Crippen LogP contribution in [0.2, 0.25) is 0 Å². The summed E-state index contributed by atoms with van der Waals surface area (Å²) in [6.07, 6.45) is 10.1. The zero-order valence-electron chi connectivity index (χ0n) is 9.53. The summed E-state index contributed by atoms with van der Waals surface area (Å²) >= 11 is 3.64. The largest absolute Gasteiger partial charge is 0.373 e. The fourth-order valence-electron chi connectivity index (χ4n) is 2.14. The van der Waals surface area contributed by atoms with E-state index >= 15 is 0 Å². The standard InChI is InChI=1S/C15H11BrFN/c16-14-12-4-2-1-3-5-13(12)18-15(14)10-6-8-11(17)9-7-10/h1-9,15,18H. The van der Waals surface area contributed by atoms with Crippen molar-refractivity contribution in [2.45, 2.75) is 6.04 Å². The van der Waals surface area contributed by atoms with E-state index in [1.54, 1.807) is 12.1 Å². The molecule has 1 aromatic carbocycles. The van der Waals surface area contributed by atoms with Crippen molar-refractivity contribution in [3.05, 3.63) is 81.8 Å². The zero-order chi connectivity index (χ0) is 12.5. The molecular weight excluding hydrogens is 293 g/mol. The Bertz CT molecular complexity index is 593. The number of rotatable bonds is 1. The highest BCUT2D eigenvalue weighted by molar-refractivity contribution is 9.11. The fraction of sp³-hybridized carbons (Fsp3) is 0.0667. The molecule has 90 valence electrons. The summed E-state index contributed by atoms with van der Waals surface area (Å²) in [5.74, 6) is -0.211. The lowest BCUT2D eigenvalue weighted by atomic mass is 10.1. The molecule has 1 aliphatic carbocycles. The van der Waals surface area contributed by atoms with Gasteiger partial charge in [0.15, 0.2) is 0 Å². The predicted molar refractivity (Wildman–Crippen MR) is 74.6 cm³/mol. The predicted octanol–water partition coefficient (Wildman–Crippen LogP) is 4.13. The van der Waals surface area contributed by atoms with Crippen LogP contribution in [0.5, 0.6) is 0 Å². The number of hydrogen-bond donors (Lipinski definition) is 1. The lowest BCUT2D eigenvalue weighted by molar-refractivity contribution is 0.625. The highest BCUT2D eigenvalue weighted by Gasteiger charge is 2.27. The summed E-state index contributed by atoms with van der Waals surface area (Å²) in [6.45, 7) is 0. The maximum atomic E-state index is 12.9. The first-order chi connectivity index (χ1) is 8.75. The molecule has 18 heavy (non-hydrogen) atoms. The van der Waals surface area contributed by atoms with Crippen molar-refractivity contribution in [3.8, 4) is 0 Å². The van der Waals surface area contributed by atoms with Gasteiger partial charge in [-0.2, -0.15) is 0 Å². The van der Waals surface area contributed by atoms with E-state index in [-0.39, 0.29) is 11.9 Å². The van der Waals surface area contributed by atoms with Crippen LogP contribution in [-0.2, 0) is 0 Å². The van der Waals surface area contributed by atoms with Gasteiger partial charge in [0.2, 0.25) is 0 Å². The van der Waals surface area contributed by atoms with Crippen LogP contribution >= 0.6 is 15.9 Å². The van der Waals surface area contributed by atoms with Crippen molar-refractivity contribution < 1.29 is 4.39 Å². The zero-order valence-corrected chi connectivity index (χ0v) is 11.1. The SMILES string of the molecule is Fc1ccc(C2NC3=CC=CC=CC3=C2Br)cc1. The van der Waals surface area contributed by atoms with Gasteiger partial charge in [-0.25, -0.2) is 4.39 Å². The maximum Gasteiger partial charge on any atom is 0.123 e. The summed E-state index contributed by atoms with van der Waals surface area (Å²) in [6, 6.07) is 6.64. The van der Waals surface area contributed by atoms with Crippen molar-refractivity contribution in [1.82, 2.24) is 5.32 Å². The minimum atomic E-state index is -0.211. The first kappa shape index (κ1) is 11.5. The molecule has 1 nitrogen and oxygen atoms in total.